The fourth-order valence-corrected chi connectivity index (χ4v) is 2.62. The fourth-order valence-electron chi connectivity index (χ4n) is 2.62. The Labute approximate surface area is 86.8 Å². The first-order valence-corrected chi connectivity index (χ1v) is 5.84. The zero-order valence-electron chi connectivity index (χ0n) is 9.09. The van der Waals surface area contributed by atoms with Crippen LogP contribution in [-0.2, 0) is 4.74 Å². The normalized spacial score (nSPS) is 24.1. The molecule has 0 amide bonds. The molecule has 2 aliphatic rings. The molecule has 1 nitrogen and oxygen atoms in total. The van der Waals surface area contributed by atoms with Gasteiger partial charge in [-0.25, -0.2) is 0 Å². The van der Waals surface area contributed by atoms with Crippen LogP contribution in [0.1, 0.15) is 44.9 Å². The van der Waals surface area contributed by atoms with Gasteiger partial charge >= 0.3 is 0 Å². The first kappa shape index (κ1) is 9.82. The van der Waals surface area contributed by atoms with E-state index in [-0.39, 0.29) is 0 Å². The van der Waals surface area contributed by atoms with E-state index in [0.717, 1.165) is 18.1 Å². The summed E-state index contributed by atoms with van der Waals surface area (Å²) in [5.41, 5.74) is 1.67. The van der Waals surface area contributed by atoms with Gasteiger partial charge in [-0.15, -0.1) is 0 Å². The van der Waals surface area contributed by atoms with Crippen molar-refractivity contribution in [3.8, 4) is 0 Å². The van der Waals surface area contributed by atoms with Crippen molar-refractivity contribution in [2.75, 3.05) is 7.11 Å². The summed E-state index contributed by atoms with van der Waals surface area (Å²) < 4.78 is 5.24. The molecule has 0 aliphatic heterocycles. The molecule has 78 valence electrons. The molecule has 0 radical (unpaired) electrons. The highest BCUT2D eigenvalue weighted by Gasteiger charge is 2.19. The van der Waals surface area contributed by atoms with Crippen LogP contribution >= 0.6 is 0 Å². The summed E-state index contributed by atoms with van der Waals surface area (Å²) in [7, 11) is 1.77. The van der Waals surface area contributed by atoms with E-state index in [1.165, 1.54) is 38.5 Å². The molecule has 0 heterocycles. The molecule has 0 saturated heterocycles. The molecule has 0 bridgehead atoms. The van der Waals surface area contributed by atoms with E-state index in [4.69, 9.17) is 4.74 Å². The SMILES string of the molecule is COC1=CC=C(C2CCCCC2)CC1. The first-order chi connectivity index (χ1) is 6.90. The van der Waals surface area contributed by atoms with E-state index in [2.05, 4.69) is 12.2 Å². The van der Waals surface area contributed by atoms with E-state index in [9.17, 15) is 0 Å². The molecule has 1 saturated carbocycles. The van der Waals surface area contributed by atoms with Gasteiger partial charge in [0.2, 0.25) is 0 Å². The predicted octanol–water partition coefficient (Wildman–Crippen LogP) is 3.82. The lowest BCUT2D eigenvalue weighted by atomic mass is 9.81. The zero-order valence-corrected chi connectivity index (χ0v) is 9.09. The van der Waals surface area contributed by atoms with Crippen molar-refractivity contribution in [3.05, 3.63) is 23.5 Å². The second-order valence-electron chi connectivity index (χ2n) is 4.41. The van der Waals surface area contributed by atoms with Gasteiger partial charge in [0.1, 0.15) is 0 Å². The number of hydrogen-bond donors (Lipinski definition) is 0. The summed E-state index contributed by atoms with van der Waals surface area (Å²) in [6.45, 7) is 0. The Morgan fingerprint density at radius 2 is 1.86 bits per heavy atom. The summed E-state index contributed by atoms with van der Waals surface area (Å²) in [4.78, 5) is 0. The fraction of sp³-hybridized carbons (Fsp3) is 0.692. The minimum absolute atomic E-state index is 0.887. The molecule has 0 spiro atoms. The Kier molecular flexibility index (Phi) is 3.28. The summed E-state index contributed by atoms with van der Waals surface area (Å²) in [5, 5.41) is 0. The van der Waals surface area contributed by atoms with Crippen LogP contribution in [0, 0.1) is 5.92 Å². The average Bonchev–Trinajstić information content (AvgIpc) is 2.30. The number of rotatable bonds is 2. The second kappa shape index (κ2) is 4.68. The first-order valence-electron chi connectivity index (χ1n) is 5.84. The van der Waals surface area contributed by atoms with Crippen molar-refractivity contribution in [1.82, 2.24) is 0 Å². The zero-order chi connectivity index (χ0) is 9.80. The second-order valence-corrected chi connectivity index (χ2v) is 4.41. The van der Waals surface area contributed by atoms with E-state index in [1.54, 1.807) is 12.7 Å². The van der Waals surface area contributed by atoms with Crippen LogP contribution in [-0.4, -0.2) is 7.11 Å². The minimum atomic E-state index is 0.887. The molecular weight excluding hydrogens is 172 g/mol. The van der Waals surface area contributed by atoms with Gasteiger partial charge in [-0.2, -0.15) is 0 Å². The predicted molar refractivity (Wildman–Crippen MR) is 59.0 cm³/mol. The summed E-state index contributed by atoms with van der Waals surface area (Å²) >= 11 is 0. The van der Waals surface area contributed by atoms with Gasteiger partial charge in [-0.05, 0) is 31.3 Å². The van der Waals surface area contributed by atoms with Crippen molar-refractivity contribution in [1.29, 1.82) is 0 Å². The molecule has 2 rings (SSSR count). The molecule has 1 heteroatoms. The third kappa shape index (κ3) is 2.20. The molecule has 14 heavy (non-hydrogen) atoms. The monoisotopic (exact) mass is 192 g/mol. The summed E-state index contributed by atoms with van der Waals surface area (Å²) in [6.07, 6.45) is 14.0. The molecule has 0 N–H and O–H groups in total. The molecule has 0 aromatic carbocycles. The molecule has 0 aromatic rings. The van der Waals surface area contributed by atoms with Gasteiger partial charge < -0.3 is 4.74 Å². The van der Waals surface area contributed by atoms with E-state index >= 15 is 0 Å². The van der Waals surface area contributed by atoms with Crippen molar-refractivity contribution < 1.29 is 4.74 Å². The maximum atomic E-state index is 5.24. The van der Waals surface area contributed by atoms with Crippen LogP contribution in [0.5, 0.6) is 0 Å². The largest absolute Gasteiger partial charge is 0.501 e. The summed E-state index contributed by atoms with van der Waals surface area (Å²) in [5.74, 6) is 2.03. The third-order valence-corrected chi connectivity index (χ3v) is 3.54. The van der Waals surface area contributed by atoms with Gasteiger partial charge in [0, 0.05) is 6.42 Å². The Morgan fingerprint density at radius 1 is 1.07 bits per heavy atom. The lowest BCUT2D eigenvalue weighted by molar-refractivity contribution is 0.272. The molecular formula is C13H20O. The van der Waals surface area contributed by atoms with Gasteiger partial charge in [-0.3, -0.25) is 0 Å². The van der Waals surface area contributed by atoms with Crippen LogP contribution in [0.4, 0.5) is 0 Å². The van der Waals surface area contributed by atoms with Crippen molar-refractivity contribution in [2.45, 2.75) is 44.9 Å². The highest BCUT2D eigenvalue weighted by Crippen LogP contribution is 2.34. The topological polar surface area (TPSA) is 9.23 Å². The van der Waals surface area contributed by atoms with Crippen molar-refractivity contribution in [3.63, 3.8) is 0 Å². The highest BCUT2D eigenvalue weighted by molar-refractivity contribution is 5.23. The summed E-state index contributed by atoms with van der Waals surface area (Å²) in [6, 6.07) is 0. The minimum Gasteiger partial charge on any atom is -0.501 e. The van der Waals surface area contributed by atoms with E-state index in [0.29, 0.717) is 0 Å². The Bertz CT molecular complexity index is 244. The third-order valence-electron chi connectivity index (χ3n) is 3.54. The number of ether oxygens (including phenoxy) is 1. The Morgan fingerprint density at radius 3 is 2.43 bits per heavy atom. The highest BCUT2D eigenvalue weighted by atomic mass is 16.5. The molecule has 0 aromatic heterocycles. The van der Waals surface area contributed by atoms with Gasteiger partial charge in [0.25, 0.3) is 0 Å². The van der Waals surface area contributed by atoms with Crippen LogP contribution in [0.15, 0.2) is 23.5 Å². The van der Waals surface area contributed by atoms with E-state index in [1.807, 2.05) is 0 Å². The maximum Gasteiger partial charge on any atom is 0.0958 e. The molecule has 2 aliphatic carbocycles. The van der Waals surface area contributed by atoms with Crippen LogP contribution < -0.4 is 0 Å². The standard InChI is InChI=1S/C13H20O/c1-14-13-9-7-12(8-10-13)11-5-3-2-4-6-11/h7,9,11H,2-6,8,10H2,1H3. The molecule has 0 unspecified atom stereocenters. The van der Waals surface area contributed by atoms with Gasteiger partial charge in [0.05, 0.1) is 12.9 Å². The Balaban J connectivity index is 1.97. The van der Waals surface area contributed by atoms with E-state index < -0.39 is 0 Å². The number of methoxy groups -OCH3 is 1. The Hall–Kier alpha value is -0.720. The van der Waals surface area contributed by atoms with Crippen molar-refractivity contribution in [2.24, 2.45) is 5.92 Å². The quantitative estimate of drug-likeness (QED) is 0.646. The lowest BCUT2D eigenvalue weighted by Gasteiger charge is -2.26. The lowest BCUT2D eigenvalue weighted by Crippen LogP contribution is -2.11. The molecule has 1 fully saturated rings. The van der Waals surface area contributed by atoms with Crippen LogP contribution in [0.25, 0.3) is 0 Å². The average molecular weight is 192 g/mol. The smallest absolute Gasteiger partial charge is 0.0958 e. The number of hydrogen-bond acceptors (Lipinski definition) is 1. The van der Waals surface area contributed by atoms with Crippen LogP contribution in [0.3, 0.4) is 0 Å². The van der Waals surface area contributed by atoms with Crippen LogP contribution in [0.2, 0.25) is 0 Å². The van der Waals surface area contributed by atoms with Gasteiger partial charge in [0.15, 0.2) is 0 Å². The maximum absolute atomic E-state index is 5.24. The number of allylic oxidation sites excluding steroid dienone is 4. The van der Waals surface area contributed by atoms with Gasteiger partial charge in [-0.1, -0.05) is 30.9 Å². The van der Waals surface area contributed by atoms with Crippen molar-refractivity contribution >= 4 is 0 Å². The molecule has 0 atom stereocenters.